The van der Waals surface area contributed by atoms with Crippen LogP contribution in [-0.4, -0.2) is 23.2 Å². The number of hydrogen-bond donors (Lipinski definition) is 2. The number of aromatic nitrogens is 2. The van der Waals surface area contributed by atoms with Gasteiger partial charge in [-0.2, -0.15) is 0 Å². The van der Waals surface area contributed by atoms with E-state index in [1.165, 1.54) is 5.56 Å². The van der Waals surface area contributed by atoms with E-state index in [2.05, 4.69) is 53.7 Å². The standard InChI is InChI=1S/C28H30N4O3/c1-18-6-8-21(31-25-14-20(28(2,3)4)7-9-26(25)34-5)15-23(18)24-16-22(35-32-24)17-30-27(33)19-10-12-29-13-11-19/h6-16,31H,17H2,1-5H3,(H,30,33). The van der Waals surface area contributed by atoms with Gasteiger partial charge in [-0.1, -0.05) is 38.1 Å². The molecule has 4 rings (SSSR count). The average molecular weight is 471 g/mol. The summed E-state index contributed by atoms with van der Waals surface area (Å²) in [6.45, 7) is 8.82. The highest BCUT2D eigenvalue weighted by molar-refractivity contribution is 5.93. The second-order valence-corrected chi connectivity index (χ2v) is 9.42. The maximum Gasteiger partial charge on any atom is 0.251 e. The number of nitrogens with zero attached hydrogens (tertiary/aromatic N) is 2. The minimum Gasteiger partial charge on any atom is -0.495 e. The number of anilines is 2. The molecule has 4 aromatic rings. The number of carbonyl (C=O) groups excluding carboxylic acids is 1. The molecule has 0 aliphatic heterocycles. The minimum atomic E-state index is -0.195. The molecule has 0 saturated carbocycles. The van der Waals surface area contributed by atoms with Gasteiger partial charge in [-0.05, 0) is 59.9 Å². The number of carbonyl (C=O) groups is 1. The second kappa shape index (κ2) is 10.0. The van der Waals surface area contributed by atoms with Crippen molar-refractivity contribution in [1.82, 2.24) is 15.5 Å². The molecule has 0 unspecified atom stereocenters. The summed E-state index contributed by atoms with van der Waals surface area (Å²) in [7, 11) is 1.67. The third-order valence-electron chi connectivity index (χ3n) is 5.78. The molecule has 180 valence electrons. The molecule has 0 bridgehead atoms. The molecule has 7 nitrogen and oxygen atoms in total. The molecule has 0 aliphatic rings. The SMILES string of the molecule is COc1ccc(C(C)(C)C)cc1Nc1ccc(C)c(-c2cc(CNC(=O)c3ccncc3)on2)c1. The summed E-state index contributed by atoms with van der Waals surface area (Å²) < 4.78 is 11.1. The number of pyridine rings is 1. The molecule has 2 aromatic heterocycles. The van der Waals surface area contributed by atoms with E-state index in [0.29, 0.717) is 17.0 Å². The summed E-state index contributed by atoms with van der Waals surface area (Å²) in [5.41, 5.74) is 6.28. The van der Waals surface area contributed by atoms with Crippen LogP contribution in [0.1, 0.15) is 48.0 Å². The van der Waals surface area contributed by atoms with Crippen LogP contribution in [0.15, 0.2) is 71.5 Å². The van der Waals surface area contributed by atoms with Crippen LogP contribution in [0.5, 0.6) is 5.75 Å². The first kappa shape index (κ1) is 24.0. The van der Waals surface area contributed by atoms with Gasteiger partial charge >= 0.3 is 0 Å². The number of methoxy groups -OCH3 is 1. The van der Waals surface area contributed by atoms with Crippen molar-refractivity contribution in [3.05, 3.63) is 89.4 Å². The molecule has 2 N–H and O–H groups in total. The Labute approximate surface area is 205 Å². The highest BCUT2D eigenvalue weighted by Crippen LogP contribution is 2.35. The average Bonchev–Trinajstić information content (AvgIpc) is 3.32. The van der Waals surface area contributed by atoms with Gasteiger partial charge in [0.2, 0.25) is 0 Å². The molecule has 1 amide bonds. The quantitative estimate of drug-likeness (QED) is 0.343. The zero-order chi connectivity index (χ0) is 25.0. The third-order valence-corrected chi connectivity index (χ3v) is 5.78. The zero-order valence-electron chi connectivity index (χ0n) is 20.7. The lowest BCUT2D eigenvalue weighted by Crippen LogP contribution is -2.22. The summed E-state index contributed by atoms with van der Waals surface area (Å²) in [5.74, 6) is 1.15. The molecule has 0 radical (unpaired) electrons. The van der Waals surface area contributed by atoms with E-state index in [1.807, 2.05) is 37.3 Å². The number of rotatable bonds is 7. The van der Waals surface area contributed by atoms with Crippen molar-refractivity contribution in [2.24, 2.45) is 0 Å². The number of nitrogens with one attached hydrogen (secondary N) is 2. The van der Waals surface area contributed by atoms with Gasteiger partial charge in [0, 0.05) is 35.3 Å². The molecule has 2 aromatic carbocycles. The Morgan fingerprint density at radius 3 is 2.51 bits per heavy atom. The normalized spacial score (nSPS) is 11.2. The molecule has 0 fully saturated rings. The predicted octanol–water partition coefficient (Wildman–Crippen LogP) is 6.02. The van der Waals surface area contributed by atoms with Crippen molar-refractivity contribution in [1.29, 1.82) is 0 Å². The lowest BCUT2D eigenvalue weighted by molar-refractivity contribution is 0.0947. The van der Waals surface area contributed by atoms with E-state index in [-0.39, 0.29) is 17.9 Å². The molecular weight excluding hydrogens is 440 g/mol. The van der Waals surface area contributed by atoms with Gasteiger partial charge in [0.05, 0.1) is 19.3 Å². The van der Waals surface area contributed by atoms with E-state index in [0.717, 1.165) is 28.3 Å². The number of ether oxygens (including phenoxy) is 1. The Balaban J connectivity index is 1.53. The van der Waals surface area contributed by atoms with Gasteiger partial charge in [0.1, 0.15) is 11.4 Å². The lowest BCUT2D eigenvalue weighted by Gasteiger charge is -2.21. The van der Waals surface area contributed by atoms with Crippen LogP contribution in [0, 0.1) is 6.92 Å². The van der Waals surface area contributed by atoms with Crippen LogP contribution in [0.4, 0.5) is 11.4 Å². The Hall–Kier alpha value is -4.13. The number of amides is 1. The lowest BCUT2D eigenvalue weighted by atomic mass is 9.87. The molecule has 0 spiro atoms. The topological polar surface area (TPSA) is 89.3 Å². The van der Waals surface area contributed by atoms with E-state index >= 15 is 0 Å². The monoisotopic (exact) mass is 470 g/mol. The zero-order valence-corrected chi connectivity index (χ0v) is 20.7. The van der Waals surface area contributed by atoms with Crippen LogP contribution >= 0.6 is 0 Å². The third kappa shape index (κ3) is 5.69. The van der Waals surface area contributed by atoms with Gasteiger partial charge in [0.25, 0.3) is 5.91 Å². The second-order valence-electron chi connectivity index (χ2n) is 9.42. The van der Waals surface area contributed by atoms with E-state index in [1.54, 1.807) is 31.6 Å². The van der Waals surface area contributed by atoms with E-state index in [9.17, 15) is 4.79 Å². The summed E-state index contributed by atoms with van der Waals surface area (Å²) in [6.07, 6.45) is 3.17. The van der Waals surface area contributed by atoms with Crippen molar-refractivity contribution in [3.63, 3.8) is 0 Å². The van der Waals surface area contributed by atoms with E-state index in [4.69, 9.17) is 9.26 Å². The Morgan fingerprint density at radius 2 is 1.80 bits per heavy atom. The van der Waals surface area contributed by atoms with Crippen LogP contribution in [0.25, 0.3) is 11.3 Å². The highest BCUT2D eigenvalue weighted by atomic mass is 16.5. The highest BCUT2D eigenvalue weighted by Gasteiger charge is 2.17. The Bertz CT molecular complexity index is 1320. The Kier molecular flexibility index (Phi) is 6.87. The maximum absolute atomic E-state index is 12.3. The minimum absolute atomic E-state index is 0.0189. The number of hydrogen-bond acceptors (Lipinski definition) is 6. The van der Waals surface area contributed by atoms with Crippen molar-refractivity contribution in [2.75, 3.05) is 12.4 Å². The van der Waals surface area contributed by atoms with Crippen molar-refractivity contribution < 1.29 is 14.1 Å². The summed E-state index contributed by atoms with van der Waals surface area (Å²) >= 11 is 0. The molecule has 35 heavy (non-hydrogen) atoms. The summed E-state index contributed by atoms with van der Waals surface area (Å²) in [6, 6.07) is 17.5. The molecule has 2 heterocycles. The molecule has 0 atom stereocenters. The molecule has 0 aliphatic carbocycles. The first-order chi connectivity index (χ1) is 16.7. The van der Waals surface area contributed by atoms with Gasteiger partial charge in [-0.25, -0.2) is 0 Å². The fraction of sp³-hybridized carbons (Fsp3) is 0.250. The van der Waals surface area contributed by atoms with Crippen molar-refractivity contribution in [3.8, 4) is 17.0 Å². The van der Waals surface area contributed by atoms with E-state index < -0.39 is 0 Å². The van der Waals surface area contributed by atoms with Gasteiger partial charge < -0.3 is 19.9 Å². The van der Waals surface area contributed by atoms with Gasteiger partial charge in [0.15, 0.2) is 5.76 Å². The summed E-state index contributed by atoms with van der Waals surface area (Å²) in [4.78, 5) is 16.2. The van der Waals surface area contributed by atoms with Crippen LogP contribution < -0.4 is 15.4 Å². The Morgan fingerprint density at radius 1 is 1.03 bits per heavy atom. The van der Waals surface area contributed by atoms with Gasteiger partial charge in [-0.15, -0.1) is 0 Å². The summed E-state index contributed by atoms with van der Waals surface area (Å²) in [5, 5.41) is 10.6. The van der Waals surface area contributed by atoms with Crippen LogP contribution in [0.2, 0.25) is 0 Å². The number of benzene rings is 2. The van der Waals surface area contributed by atoms with Crippen LogP contribution in [0.3, 0.4) is 0 Å². The van der Waals surface area contributed by atoms with Crippen LogP contribution in [-0.2, 0) is 12.0 Å². The van der Waals surface area contributed by atoms with Crippen molar-refractivity contribution in [2.45, 2.75) is 39.7 Å². The fourth-order valence-electron chi connectivity index (χ4n) is 3.70. The largest absolute Gasteiger partial charge is 0.495 e. The smallest absolute Gasteiger partial charge is 0.251 e. The fourth-order valence-corrected chi connectivity index (χ4v) is 3.70. The molecular formula is C28H30N4O3. The molecule has 0 saturated heterocycles. The predicted molar refractivity (Wildman–Crippen MR) is 137 cm³/mol. The maximum atomic E-state index is 12.3. The van der Waals surface area contributed by atoms with Gasteiger partial charge in [-0.3, -0.25) is 9.78 Å². The van der Waals surface area contributed by atoms with Crippen molar-refractivity contribution >= 4 is 17.3 Å². The first-order valence-corrected chi connectivity index (χ1v) is 11.4. The number of aryl methyl sites for hydroxylation is 1. The molecule has 7 heteroatoms. The first-order valence-electron chi connectivity index (χ1n) is 11.4.